The lowest BCUT2D eigenvalue weighted by molar-refractivity contribution is 0.460. The number of benzene rings is 1. The van der Waals surface area contributed by atoms with Crippen LogP contribution in [0.25, 0.3) is 11.0 Å². The Balaban J connectivity index is 2.86. The molecule has 0 bridgehead atoms. The van der Waals surface area contributed by atoms with Gasteiger partial charge in [-0.05, 0) is 12.1 Å². The Morgan fingerprint density at radius 1 is 1.45 bits per heavy atom. The first-order valence-electron chi connectivity index (χ1n) is 3.18. The molecule has 1 aromatic heterocycles. The minimum absolute atomic E-state index is 0.403. The van der Waals surface area contributed by atoms with E-state index in [4.69, 9.17) is 18.1 Å². The summed E-state index contributed by atoms with van der Waals surface area (Å²) in [7, 11) is 5.50. The van der Waals surface area contributed by atoms with E-state index in [1.54, 1.807) is 18.2 Å². The molecule has 1 heterocycles. The van der Waals surface area contributed by atoms with E-state index in [-0.39, 0.29) is 0 Å². The van der Waals surface area contributed by atoms with Crippen molar-refractivity contribution in [3.05, 3.63) is 18.2 Å². The number of nitrogens with two attached hydrogens (primary N) is 1. The monoisotopic (exact) mass is 144 g/mol. The van der Waals surface area contributed by atoms with Gasteiger partial charge in [-0.2, -0.15) is 0 Å². The number of anilines is 1. The summed E-state index contributed by atoms with van der Waals surface area (Å²) in [5, 5.41) is 4.39. The Morgan fingerprint density at radius 2 is 2.27 bits per heavy atom. The predicted molar refractivity (Wildman–Crippen MR) is 43.8 cm³/mol. The molecule has 4 heteroatoms. The Morgan fingerprint density at radius 3 is 3.09 bits per heavy atom. The number of nitrogens with zero attached hydrogens (tertiary/aromatic N) is 1. The molecule has 0 atom stereocenters. The van der Waals surface area contributed by atoms with Gasteiger partial charge in [-0.1, -0.05) is 16.7 Å². The van der Waals surface area contributed by atoms with Crippen LogP contribution in [-0.4, -0.2) is 13.0 Å². The van der Waals surface area contributed by atoms with Crippen LogP contribution >= 0.6 is 0 Å². The molecule has 52 valence electrons. The van der Waals surface area contributed by atoms with Gasteiger partial charge in [-0.15, -0.1) is 0 Å². The zero-order chi connectivity index (χ0) is 7.84. The van der Waals surface area contributed by atoms with Crippen LogP contribution in [-0.2, 0) is 0 Å². The standard InChI is InChI=1S/C7H5BN2O/c8-4-1-2-5-6(3-4)11-10-7(5)9/h1-3H,(H2,9,10). The van der Waals surface area contributed by atoms with Gasteiger partial charge in [0.15, 0.2) is 11.4 Å². The van der Waals surface area contributed by atoms with Gasteiger partial charge in [0.25, 0.3) is 0 Å². The molecule has 0 saturated carbocycles. The maximum absolute atomic E-state index is 5.50. The largest absolute Gasteiger partial charge is 0.380 e. The first kappa shape index (κ1) is 6.28. The minimum atomic E-state index is 0.403. The van der Waals surface area contributed by atoms with E-state index in [0.717, 1.165) is 5.39 Å². The van der Waals surface area contributed by atoms with E-state index in [0.29, 0.717) is 16.9 Å². The molecule has 0 aliphatic carbocycles. The predicted octanol–water partition coefficient (Wildman–Crippen LogP) is 0.204. The van der Waals surface area contributed by atoms with E-state index < -0.39 is 0 Å². The van der Waals surface area contributed by atoms with Crippen molar-refractivity contribution >= 4 is 30.1 Å². The molecule has 0 aliphatic heterocycles. The SMILES string of the molecule is [B]c1ccc2c(N)noc2c1. The Bertz CT molecular complexity index is 396. The second-order valence-corrected chi connectivity index (χ2v) is 2.32. The van der Waals surface area contributed by atoms with Crippen LogP contribution in [0.5, 0.6) is 0 Å². The van der Waals surface area contributed by atoms with Crippen LogP contribution in [0.4, 0.5) is 5.82 Å². The zero-order valence-corrected chi connectivity index (χ0v) is 5.74. The fourth-order valence-electron chi connectivity index (χ4n) is 0.974. The van der Waals surface area contributed by atoms with Gasteiger partial charge in [-0.3, -0.25) is 0 Å². The van der Waals surface area contributed by atoms with Gasteiger partial charge in [-0.25, -0.2) is 0 Å². The van der Waals surface area contributed by atoms with Gasteiger partial charge in [0.2, 0.25) is 0 Å². The van der Waals surface area contributed by atoms with Crippen molar-refractivity contribution in [1.82, 2.24) is 5.16 Å². The van der Waals surface area contributed by atoms with Crippen molar-refractivity contribution in [3.63, 3.8) is 0 Å². The first-order chi connectivity index (χ1) is 5.27. The maximum Gasteiger partial charge on any atom is 0.174 e. The summed E-state index contributed by atoms with van der Waals surface area (Å²) in [4.78, 5) is 0. The van der Waals surface area contributed by atoms with Crippen molar-refractivity contribution in [3.8, 4) is 0 Å². The Kier molecular flexibility index (Phi) is 1.15. The maximum atomic E-state index is 5.50. The highest BCUT2D eigenvalue weighted by molar-refractivity contribution is 6.33. The van der Waals surface area contributed by atoms with Crippen LogP contribution in [0.1, 0.15) is 0 Å². The summed E-state index contributed by atoms with van der Waals surface area (Å²) in [6.07, 6.45) is 0. The molecule has 2 rings (SSSR count). The van der Waals surface area contributed by atoms with Crippen molar-refractivity contribution in [2.75, 3.05) is 5.73 Å². The van der Waals surface area contributed by atoms with Crippen molar-refractivity contribution in [1.29, 1.82) is 0 Å². The van der Waals surface area contributed by atoms with Gasteiger partial charge >= 0.3 is 0 Å². The number of hydrogen-bond donors (Lipinski definition) is 1. The van der Waals surface area contributed by atoms with Crippen molar-refractivity contribution in [2.45, 2.75) is 0 Å². The normalized spacial score (nSPS) is 10.5. The van der Waals surface area contributed by atoms with Crippen LogP contribution in [0.15, 0.2) is 22.7 Å². The smallest absolute Gasteiger partial charge is 0.174 e. The number of nitrogen functional groups attached to an aromatic ring is 1. The molecular formula is C7H5BN2O. The Labute approximate surface area is 64.6 Å². The molecule has 2 radical (unpaired) electrons. The third-order valence-electron chi connectivity index (χ3n) is 1.52. The molecule has 2 aromatic rings. The summed E-state index contributed by atoms with van der Waals surface area (Å²) < 4.78 is 4.87. The zero-order valence-electron chi connectivity index (χ0n) is 5.74. The second-order valence-electron chi connectivity index (χ2n) is 2.32. The second kappa shape index (κ2) is 2.02. The highest BCUT2D eigenvalue weighted by Gasteiger charge is 2.02. The van der Waals surface area contributed by atoms with E-state index in [1.807, 2.05) is 0 Å². The number of aromatic nitrogens is 1. The lowest BCUT2D eigenvalue weighted by atomic mass is 9.96. The van der Waals surface area contributed by atoms with Crippen LogP contribution in [0, 0.1) is 0 Å². The van der Waals surface area contributed by atoms with Gasteiger partial charge in [0, 0.05) is 0 Å². The minimum Gasteiger partial charge on any atom is -0.380 e. The van der Waals surface area contributed by atoms with E-state index >= 15 is 0 Å². The summed E-state index contributed by atoms with van der Waals surface area (Å²) in [5.74, 6) is 0.403. The van der Waals surface area contributed by atoms with Crippen LogP contribution < -0.4 is 11.2 Å². The molecule has 0 aliphatic rings. The van der Waals surface area contributed by atoms with Crippen LogP contribution in [0.2, 0.25) is 0 Å². The van der Waals surface area contributed by atoms with Gasteiger partial charge < -0.3 is 10.3 Å². The average molecular weight is 144 g/mol. The molecule has 11 heavy (non-hydrogen) atoms. The molecule has 1 aromatic carbocycles. The summed E-state index contributed by atoms with van der Waals surface area (Å²) >= 11 is 0. The summed E-state index contributed by atoms with van der Waals surface area (Å²) in [6, 6.07) is 5.24. The molecule has 0 spiro atoms. The molecule has 0 unspecified atom stereocenters. The third kappa shape index (κ3) is 0.870. The number of rotatable bonds is 0. The highest BCUT2D eigenvalue weighted by atomic mass is 16.5. The molecular weight excluding hydrogens is 139 g/mol. The van der Waals surface area contributed by atoms with E-state index in [1.165, 1.54) is 0 Å². The van der Waals surface area contributed by atoms with Crippen LogP contribution in [0.3, 0.4) is 0 Å². The van der Waals surface area contributed by atoms with Crippen molar-refractivity contribution in [2.24, 2.45) is 0 Å². The molecule has 3 nitrogen and oxygen atoms in total. The van der Waals surface area contributed by atoms with Crippen molar-refractivity contribution < 1.29 is 4.52 Å². The number of fused-ring (bicyclic) bond motifs is 1. The first-order valence-corrected chi connectivity index (χ1v) is 3.18. The topological polar surface area (TPSA) is 52.0 Å². The Hall–Kier alpha value is -1.45. The fraction of sp³-hybridized carbons (Fsp3) is 0. The molecule has 0 saturated heterocycles. The van der Waals surface area contributed by atoms with Gasteiger partial charge in [0.1, 0.15) is 7.85 Å². The molecule has 0 fully saturated rings. The lowest BCUT2D eigenvalue weighted by Crippen LogP contribution is -1.98. The molecule has 0 amide bonds. The highest BCUT2D eigenvalue weighted by Crippen LogP contribution is 2.17. The third-order valence-corrected chi connectivity index (χ3v) is 1.52. The molecule has 2 N–H and O–H groups in total. The van der Waals surface area contributed by atoms with Gasteiger partial charge in [0.05, 0.1) is 5.39 Å². The van der Waals surface area contributed by atoms with E-state index in [2.05, 4.69) is 5.16 Å². The average Bonchev–Trinajstić information content (AvgIpc) is 2.32. The fourth-order valence-corrected chi connectivity index (χ4v) is 0.974. The summed E-state index contributed by atoms with van der Waals surface area (Å²) in [6.45, 7) is 0. The lowest BCUT2D eigenvalue weighted by Gasteiger charge is -1.89. The number of hydrogen-bond acceptors (Lipinski definition) is 3. The summed E-state index contributed by atoms with van der Waals surface area (Å²) in [5.41, 5.74) is 6.75. The van der Waals surface area contributed by atoms with E-state index in [9.17, 15) is 0 Å². The quantitative estimate of drug-likeness (QED) is 0.537.